The molecule has 0 amide bonds. The molecule has 1 aromatic carbocycles. The molecule has 0 bridgehead atoms. The second-order valence-corrected chi connectivity index (χ2v) is 6.30. The summed E-state index contributed by atoms with van der Waals surface area (Å²) in [5, 5.41) is 1.08. The van der Waals surface area contributed by atoms with Gasteiger partial charge in [-0.25, -0.2) is 0 Å². The van der Waals surface area contributed by atoms with Gasteiger partial charge in [0.05, 0.1) is 35.3 Å². The van der Waals surface area contributed by atoms with Gasteiger partial charge in [-0.15, -0.1) is 0 Å². The van der Waals surface area contributed by atoms with Gasteiger partial charge in [0.2, 0.25) is 0 Å². The lowest BCUT2D eigenvalue weighted by molar-refractivity contribution is -0.00509. The SMILES string of the molecule is CC1CN(c2c(N)cnc3ccc(Br)cc23)CC(C)O1. The van der Waals surface area contributed by atoms with Gasteiger partial charge in [0, 0.05) is 22.9 Å². The molecule has 4 nitrogen and oxygen atoms in total. The average Bonchev–Trinajstić information content (AvgIpc) is 2.37. The van der Waals surface area contributed by atoms with Crippen LogP contribution < -0.4 is 10.6 Å². The third kappa shape index (κ3) is 2.47. The third-order valence-electron chi connectivity index (χ3n) is 3.57. The van der Waals surface area contributed by atoms with Crippen molar-refractivity contribution in [2.75, 3.05) is 23.7 Å². The molecule has 1 aromatic heterocycles. The molecule has 0 spiro atoms. The topological polar surface area (TPSA) is 51.4 Å². The quantitative estimate of drug-likeness (QED) is 0.869. The lowest BCUT2D eigenvalue weighted by Gasteiger charge is -2.37. The monoisotopic (exact) mass is 335 g/mol. The molecule has 2 atom stereocenters. The Balaban J connectivity index is 2.14. The van der Waals surface area contributed by atoms with Crippen LogP contribution >= 0.6 is 15.9 Å². The first kappa shape index (κ1) is 13.6. The fourth-order valence-corrected chi connectivity index (χ4v) is 3.24. The second-order valence-electron chi connectivity index (χ2n) is 5.39. The summed E-state index contributed by atoms with van der Waals surface area (Å²) in [6.07, 6.45) is 2.15. The largest absolute Gasteiger partial charge is 0.396 e. The zero-order valence-corrected chi connectivity index (χ0v) is 13.2. The molecule has 3 rings (SSSR count). The Morgan fingerprint density at radius 2 is 2.00 bits per heavy atom. The molecular formula is C15H18BrN3O. The Labute approximate surface area is 127 Å². The van der Waals surface area contributed by atoms with Crippen LogP contribution in [0.1, 0.15) is 13.8 Å². The molecule has 20 heavy (non-hydrogen) atoms. The summed E-state index contributed by atoms with van der Waals surface area (Å²) >= 11 is 3.53. The molecular weight excluding hydrogens is 318 g/mol. The number of anilines is 2. The summed E-state index contributed by atoms with van der Waals surface area (Å²) < 4.78 is 6.84. The fourth-order valence-electron chi connectivity index (χ4n) is 2.88. The maximum absolute atomic E-state index is 6.20. The number of benzene rings is 1. The van der Waals surface area contributed by atoms with Gasteiger partial charge < -0.3 is 15.4 Å². The van der Waals surface area contributed by atoms with Crippen molar-refractivity contribution in [3.63, 3.8) is 0 Å². The molecule has 1 aliphatic heterocycles. The van der Waals surface area contributed by atoms with Crippen LogP contribution in [0.25, 0.3) is 10.9 Å². The number of nitrogen functional groups attached to an aromatic ring is 1. The van der Waals surface area contributed by atoms with E-state index in [9.17, 15) is 0 Å². The zero-order valence-electron chi connectivity index (χ0n) is 11.6. The second kappa shape index (κ2) is 5.22. The number of aromatic nitrogens is 1. The summed E-state index contributed by atoms with van der Waals surface area (Å²) in [5.41, 5.74) is 8.95. The maximum Gasteiger partial charge on any atom is 0.0745 e. The van der Waals surface area contributed by atoms with E-state index >= 15 is 0 Å². The van der Waals surface area contributed by atoms with E-state index < -0.39 is 0 Å². The fraction of sp³-hybridized carbons (Fsp3) is 0.400. The molecule has 2 N–H and O–H groups in total. The van der Waals surface area contributed by atoms with Crippen LogP contribution in [0.4, 0.5) is 11.4 Å². The van der Waals surface area contributed by atoms with Crippen LogP contribution in [0.5, 0.6) is 0 Å². The molecule has 0 aliphatic carbocycles. The number of pyridine rings is 1. The minimum Gasteiger partial charge on any atom is -0.396 e. The Morgan fingerprint density at radius 3 is 2.70 bits per heavy atom. The number of hydrogen-bond acceptors (Lipinski definition) is 4. The first-order chi connectivity index (χ1) is 9.54. The Morgan fingerprint density at radius 1 is 1.30 bits per heavy atom. The van der Waals surface area contributed by atoms with E-state index in [-0.39, 0.29) is 12.2 Å². The Kier molecular flexibility index (Phi) is 3.56. The lowest BCUT2D eigenvalue weighted by atomic mass is 10.1. The Bertz CT molecular complexity index is 631. The van der Waals surface area contributed by atoms with Crippen molar-refractivity contribution in [1.29, 1.82) is 0 Å². The van der Waals surface area contributed by atoms with Gasteiger partial charge in [-0.3, -0.25) is 4.98 Å². The van der Waals surface area contributed by atoms with Gasteiger partial charge >= 0.3 is 0 Å². The van der Waals surface area contributed by atoms with E-state index in [4.69, 9.17) is 10.5 Å². The van der Waals surface area contributed by atoms with Gasteiger partial charge in [0.15, 0.2) is 0 Å². The van der Waals surface area contributed by atoms with E-state index in [1.54, 1.807) is 6.20 Å². The van der Waals surface area contributed by atoms with Gasteiger partial charge in [-0.05, 0) is 32.0 Å². The zero-order chi connectivity index (χ0) is 14.3. The van der Waals surface area contributed by atoms with Gasteiger partial charge in [0.25, 0.3) is 0 Å². The number of nitrogens with zero attached hydrogens (tertiary/aromatic N) is 2. The van der Waals surface area contributed by atoms with Crippen molar-refractivity contribution in [3.05, 3.63) is 28.9 Å². The van der Waals surface area contributed by atoms with Crippen molar-refractivity contribution in [1.82, 2.24) is 4.98 Å². The predicted molar refractivity (Wildman–Crippen MR) is 86.1 cm³/mol. The number of hydrogen-bond donors (Lipinski definition) is 1. The highest BCUT2D eigenvalue weighted by molar-refractivity contribution is 9.10. The molecule has 2 heterocycles. The summed E-state index contributed by atoms with van der Waals surface area (Å²) in [6, 6.07) is 6.09. The Hall–Kier alpha value is -1.33. The molecule has 1 fully saturated rings. The van der Waals surface area contributed by atoms with Gasteiger partial charge in [0.1, 0.15) is 0 Å². The number of ether oxygens (including phenoxy) is 1. The summed E-state index contributed by atoms with van der Waals surface area (Å²) in [4.78, 5) is 6.72. The van der Waals surface area contributed by atoms with Crippen LogP contribution in [0.2, 0.25) is 0 Å². The van der Waals surface area contributed by atoms with E-state index in [1.165, 1.54) is 0 Å². The van der Waals surface area contributed by atoms with Crippen molar-refractivity contribution in [2.24, 2.45) is 0 Å². The summed E-state index contributed by atoms with van der Waals surface area (Å²) in [6.45, 7) is 5.89. The molecule has 5 heteroatoms. The molecule has 2 aromatic rings. The third-order valence-corrected chi connectivity index (χ3v) is 4.06. The maximum atomic E-state index is 6.20. The van der Waals surface area contributed by atoms with E-state index in [1.807, 2.05) is 12.1 Å². The van der Waals surface area contributed by atoms with E-state index in [2.05, 4.69) is 45.7 Å². The van der Waals surface area contributed by atoms with Crippen LogP contribution in [0, 0.1) is 0 Å². The summed E-state index contributed by atoms with van der Waals surface area (Å²) in [5.74, 6) is 0. The van der Waals surface area contributed by atoms with Crippen LogP contribution in [-0.4, -0.2) is 30.3 Å². The van der Waals surface area contributed by atoms with Crippen LogP contribution in [0.15, 0.2) is 28.9 Å². The number of halogens is 1. The van der Waals surface area contributed by atoms with Gasteiger partial charge in [-0.2, -0.15) is 0 Å². The highest BCUT2D eigenvalue weighted by atomic mass is 79.9. The molecule has 0 radical (unpaired) electrons. The minimum atomic E-state index is 0.202. The molecule has 2 unspecified atom stereocenters. The normalized spacial score (nSPS) is 23.2. The lowest BCUT2D eigenvalue weighted by Crippen LogP contribution is -2.45. The highest BCUT2D eigenvalue weighted by Gasteiger charge is 2.25. The molecule has 1 aliphatic rings. The van der Waals surface area contributed by atoms with E-state index in [0.29, 0.717) is 0 Å². The smallest absolute Gasteiger partial charge is 0.0745 e. The highest BCUT2D eigenvalue weighted by Crippen LogP contribution is 2.34. The number of nitrogens with two attached hydrogens (primary N) is 1. The summed E-state index contributed by atoms with van der Waals surface area (Å²) in [7, 11) is 0. The standard InChI is InChI=1S/C15H18BrN3O/c1-9-7-19(8-10(2)20-9)15-12-5-11(16)3-4-14(12)18-6-13(15)17/h3-6,9-10H,7-8,17H2,1-2H3. The van der Waals surface area contributed by atoms with Crippen molar-refractivity contribution < 1.29 is 4.74 Å². The van der Waals surface area contributed by atoms with Crippen molar-refractivity contribution >= 4 is 38.2 Å². The van der Waals surface area contributed by atoms with Crippen LogP contribution in [-0.2, 0) is 4.74 Å². The number of rotatable bonds is 1. The number of fused-ring (bicyclic) bond motifs is 1. The van der Waals surface area contributed by atoms with Gasteiger partial charge in [-0.1, -0.05) is 15.9 Å². The molecule has 106 valence electrons. The first-order valence-electron chi connectivity index (χ1n) is 6.78. The van der Waals surface area contributed by atoms with Crippen LogP contribution in [0.3, 0.4) is 0 Å². The van der Waals surface area contributed by atoms with Crippen molar-refractivity contribution in [2.45, 2.75) is 26.1 Å². The van der Waals surface area contributed by atoms with Crippen molar-refractivity contribution in [3.8, 4) is 0 Å². The number of morpholine rings is 1. The minimum absolute atomic E-state index is 0.202. The molecule has 1 saturated heterocycles. The predicted octanol–water partition coefficient (Wildman–Crippen LogP) is 3.19. The van der Waals surface area contributed by atoms with E-state index in [0.717, 1.165) is 39.8 Å². The molecule has 0 saturated carbocycles. The first-order valence-corrected chi connectivity index (χ1v) is 7.58. The average molecular weight is 336 g/mol.